The third-order valence-electron chi connectivity index (χ3n) is 7.25. The number of hydrogen-bond acceptors (Lipinski definition) is 5. The average Bonchev–Trinajstić information content (AvgIpc) is 3.25. The Kier molecular flexibility index (Phi) is 6.12. The normalized spacial score (nSPS) is 16.9. The first-order chi connectivity index (χ1) is 18.6. The van der Waals surface area contributed by atoms with Crippen molar-refractivity contribution in [2.75, 3.05) is 24.6 Å². The molecule has 0 aliphatic carbocycles. The van der Waals surface area contributed by atoms with Gasteiger partial charge in [0.25, 0.3) is 0 Å². The van der Waals surface area contributed by atoms with E-state index in [1.54, 1.807) is 0 Å². The van der Waals surface area contributed by atoms with Gasteiger partial charge in [-0.15, -0.1) is 0 Å². The second kappa shape index (κ2) is 9.75. The molecule has 1 spiro atoms. The van der Waals surface area contributed by atoms with Gasteiger partial charge in [-0.25, -0.2) is 4.79 Å². The summed E-state index contributed by atoms with van der Waals surface area (Å²) in [6, 6.07) is 29.6. The highest BCUT2D eigenvalue weighted by Crippen LogP contribution is 2.57. The fourth-order valence-corrected chi connectivity index (χ4v) is 5.41. The maximum atomic E-state index is 13.1. The third kappa shape index (κ3) is 3.91. The largest absolute Gasteiger partial charge is 0.489 e. The third-order valence-corrected chi connectivity index (χ3v) is 7.25. The number of esters is 1. The minimum Gasteiger partial charge on any atom is -0.489 e. The van der Waals surface area contributed by atoms with Crippen LogP contribution in [0.25, 0.3) is 6.08 Å². The Bertz CT molecular complexity index is 1520. The van der Waals surface area contributed by atoms with Crippen molar-refractivity contribution in [1.82, 2.24) is 0 Å². The molecule has 4 aromatic carbocycles. The van der Waals surface area contributed by atoms with Gasteiger partial charge < -0.3 is 19.1 Å². The van der Waals surface area contributed by atoms with Crippen LogP contribution >= 0.6 is 0 Å². The average molecular weight is 504 g/mol. The van der Waals surface area contributed by atoms with Crippen LogP contribution in [0.1, 0.15) is 46.5 Å². The molecule has 0 fully saturated rings. The zero-order valence-electron chi connectivity index (χ0n) is 21.5. The van der Waals surface area contributed by atoms with Crippen molar-refractivity contribution in [3.05, 3.63) is 125 Å². The lowest BCUT2D eigenvalue weighted by molar-refractivity contribution is 0.0224. The molecule has 2 aliphatic rings. The minimum atomic E-state index is -1.08. The second-order valence-corrected chi connectivity index (χ2v) is 9.35. The van der Waals surface area contributed by atoms with Gasteiger partial charge in [0.15, 0.2) is 5.60 Å². The number of benzene rings is 4. The lowest BCUT2D eigenvalue weighted by Gasteiger charge is -2.37. The molecule has 6 rings (SSSR count). The van der Waals surface area contributed by atoms with Gasteiger partial charge >= 0.3 is 5.97 Å². The lowest BCUT2D eigenvalue weighted by atomic mass is 9.77. The molecule has 190 valence electrons. The Hall–Kier alpha value is -4.51. The fraction of sp³-hybridized carbons (Fsp3) is 0.182. The predicted octanol–water partition coefficient (Wildman–Crippen LogP) is 7.19. The van der Waals surface area contributed by atoms with Crippen LogP contribution in [0.5, 0.6) is 17.2 Å². The molecule has 2 aliphatic heterocycles. The highest BCUT2D eigenvalue weighted by Gasteiger charge is 2.53. The summed E-state index contributed by atoms with van der Waals surface area (Å²) in [5.41, 5.74) is 4.10. The minimum absolute atomic E-state index is 0.335. The van der Waals surface area contributed by atoms with Gasteiger partial charge in [-0.2, -0.15) is 0 Å². The van der Waals surface area contributed by atoms with Gasteiger partial charge in [0.1, 0.15) is 23.9 Å². The molecule has 5 heteroatoms. The SMILES string of the molecule is CCN(CC)c1ccc2c(c1)Oc1cc(OC/C=C/c3ccccc3)ccc1C21OC(=O)c2ccccc21. The molecule has 0 aromatic heterocycles. The number of fused-ring (bicyclic) bond motifs is 6. The molecule has 0 radical (unpaired) electrons. The van der Waals surface area contributed by atoms with Crippen LogP contribution in [-0.4, -0.2) is 25.7 Å². The first-order valence-electron chi connectivity index (χ1n) is 13.0. The van der Waals surface area contributed by atoms with Crippen molar-refractivity contribution in [2.24, 2.45) is 0 Å². The van der Waals surface area contributed by atoms with Gasteiger partial charge in [0.05, 0.1) is 5.56 Å². The Morgan fingerprint density at radius 1 is 0.816 bits per heavy atom. The molecule has 2 heterocycles. The number of anilines is 1. The topological polar surface area (TPSA) is 48.0 Å². The van der Waals surface area contributed by atoms with Crippen LogP contribution in [-0.2, 0) is 10.3 Å². The van der Waals surface area contributed by atoms with Gasteiger partial charge in [-0.3, -0.25) is 0 Å². The second-order valence-electron chi connectivity index (χ2n) is 9.35. The van der Waals surface area contributed by atoms with Crippen molar-refractivity contribution in [2.45, 2.75) is 19.4 Å². The van der Waals surface area contributed by atoms with Crippen LogP contribution < -0.4 is 14.4 Å². The molecule has 0 N–H and O–H groups in total. The fourth-order valence-electron chi connectivity index (χ4n) is 5.41. The Morgan fingerprint density at radius 3 is 2.32 bits per heavy atom. The van der Waals surface area contributed by atoms with E-state index >= 15 is 0 Å². The summed E-state index contributed by atoms with van der Waals surface area (Å²) in [6.45, 7) is 6.43. The summed E-state index contributed by atoms with van der Waals surface area (Å²) in [5.74, 6) is 1.63. The monoisotopic (exact) mass is 503 g/mol. The summed E-state index contributed by atoms with van der Waals surface area (Å²) in [6.07, 6.45) is 4.02. The van der Waals surface area contributed by atoms with Crippen molar-refractivity contribution in [3.8, 4) is 17.2 Å². The van der Waals surface area contributed by atoms with Crippen LogP contribution in [0.3, 0.4) is 0 Å². The van der Waals surface area contributed by atoms with Crippen molar-refractivity contribution in [3.63, 3.8) is 0 Å². The highest BCUT2D eigenvalue weighted by atomic mass is 16.6. The van der Waals surface area contributed by atoms with E-state index in [-0.39, 0.29) is 5.97 Å². The maximum Gasteiger partial charge on any atom is 0.340 e. The molecule has 38 heavy (non-hydrogen) atoms. The quantitative estimate of drug-likeness (QED) is 0.250. The maximum absolute atomic E-state index is 13.1. The van der Waals surface area contributed by atoms with Crippen molar-refractivity contribution in [1.29, 1.82) is 0 Å². The molecule has 0 bridgehead atoms. The summed E-state index contributed by atoms with van der Waals surface area (Å²) >= 11 is 0. The van der Waals surface area contributed by atoms with E-state index in [0.717, 1.165) is 41.0 Å². The van der Waals surface area contributed by atoms with E-state index in [1.165, 1.54) is 0 Å². The molecule has 0 saturated heterocycles. The summed E-state index contributed by atoms with van der Waals surface area (Å²) in [5, 5.41) is 0. The van der Waals surface area contributed by atoms with E-state index in [2.05, 4.69) is 24.8 Å². The Labute approximate surface area is 222 Å². The predicted molar refractivity (Wildman–Crippen MR) is 149 cm³/mol. The standard InChI is InChI=1S/C33H29NO4/c1-3-34(4-2)24-16-18-28-30(21-24)37-31-22-25(36-20-10-13-23-11-6-5-7-12-23)17-19-29(31)33(28)27-15-9-8-14-26(27)32(35)38-33/h5-19,21-22H,3-4,20H2,1-2H3/b13-10+. The first-order valence-corrected chi connectivity index (χ1v) is 13.0. The molecule has 1 atom stereocenters. The van der Waals surface area contributed by atoms with Gasteiger partial charge in [0, 0.05) is 47.6 Å². The summed E-state index contributed by atoms with van der Waals surface area (Å²) in [7, 11) is 0. The molecular weight excluding hydrogens is 474 g/mol. The van der Waals surface area contributed by atoms with Crippen molar-refractivity contribution >= 4 is 17.7 Å². The van der Waals surface area contributed by atoms with Crippen LogP contribution in [0, 0.1) is 0 Å². The number of ether oxygens (including phenoxy) is 3. The van der Waals surface area contributed by atoms with Crippen LogP contribution in [0.2, 0.25) is 0 Å². The van der Waals surface area contributed by atoms with Crippen LogP contribution in [0.4, 0.5) is 5.69 Å². The number of hydrogen-bond donors (Lipinski definition) is 0. The highest BCUT2D eigenvalue weighted by molar-refractivity contribution is 5.97. The van der Waals surface area contributed by atoms with Gasteiger partial charge in [0.2, 0.25) is 0 Å². The Morgan fingerprint density at radius 2 is 1.53 bits per heavy atom. The van der Waals surface area contributed by atoms with E-state index < -0.39 is 5.60 Å². The molecule has 1 unspecified atom stereocenters. The zero-order valence-corrected chi connectivity index (χ0v) is 21.5. The van der Waals surface area contributed by atoms with Crippen LogP contribution in [0.15, 0.2) is 97.1 Å². The number of carbonyl (C=O) groups is 1. The van der Waals surface area contributed by atoms with E-state index in [9.17, 15) is 4.79 Å². The smallest absolute Gasteiger partial charge is 0.340 e. The van der Waals surface area contributed by atoms with Gasteiger partial charge in [-0.1, -0.05) is 54.6 Å². The lowest BCUT2D eigenvalue weighted by Crippen LogP contribution is -2.33. The molecule has 4 aromatic rings. The molecule has 5 nitrogen and oxygen atoms in total. The van der Waals surface area contributed by atoms with Gasteiger partial charge in [-0.05, 0) is 55.8 Å². The summed E-state index contributed by atoms with van der Waals surface area (Å²) < 4.78 is 18.8. The first kappa shape index (κ1) is 23.9. The van der Waals surface area contributed by atoms with Crippen molar-refractivity contribution < 1.29 is 19.0 Å². The summed E-state index contributed by atoms with van der Waals surface area (Å²) in [4.78, 5) is 15.3. The van der Waals surface area contributed by atoms with E-state index in [4.69, 9.17) is 14.2 Å². The number of rotatable bonds is 7. The Balaban J connectivity index is 1.40. The molecule has 0 saturated carbocycles. The number of carbonyl (C=O) groups excluding carboxylic acids is 1. The zero-order chi connectivity index (χ0) is 26.1. The number of nitrogens with zero attached hydrogens (tertiary/aromatic N) is 1. The van der Waals surface area contributed by atoms with E-state index in [0.29, 0.717) is 29.4 Å². The molecular formula is C33H29NO4. The van der Waals surface area contributed by atoms with E-state index in [1.807, 2.05) is 97.1 Å². The molecule has 0 amide bonds.